The van der Waals surface area contributed by atoms with Crippen molar-refractivity contribution in [3.05, 3.63) is 0 Å². The van der Waals surface area contributed by atoms with Crippen molar-refractivity contribution in [2.75, 3.05) is 26.3 Å². The molecule has 3 N–H and O–H groups in total. The summed E-state index contributed by atoms with van der Waals surface area (Å²) in [7, 11) is 0. The number of nitrogens with zero attached hydrogens (tertiary/aromatic N) is 1. The molecule has 1 aliphatic carbocycles. The lowest BCUT2D eigenvalue weighted by atomic mass is 9.79. The molecule has 2 atom stereocenters. The van der Waals surface area contributed by atoms with E-state index in [0.29, 0.717) is 18.9 Å². The van der Waals surface area contributed by atoms with Crippen LogP contribution in [0.2, 0.25) is 0 Å². The zero-order valence-corrected chi connectivity index (χ0v) is 10.2. The van der Waals surface area contributed by atoms with Gasteiger partial charge in [0.1, 0.15) is 5.54 Å². The summed E-state index contributed by atoms with van der Waals surface area (Å²) in [6.07, 6.45) is 4.17. The van der Waals surface area contributed by atoms with Crippen LogP contribution in [0.15, 0.2) is 0 Å². The first-order valence-corrected chi connectivity index (χ1v) is 6.46. The molecule has 2 rings (SSSR count). The topological polar surface area (TPSA) is 75.8 Å². The molecule has 17 heavy (non-hydrogen) atoms. The van der Waals surface area contributed by atoms with Crippen molar-refractivity contribution >= 4 is 5.97 Å². The summed E-state index contributed by atoms with van der Waals surface area (Å²) in [4.78, 5) is 13.6. The van der Waals surface area contributed by atoms with E-state index >= 15 is 0 Å². The third-order valence-corrected chi connectivity index (χ3v) is 3.96. The summed E-state index contributed by atoms with van der Waals surface area (Å²) in [5.74, 6) is -0.853. The molecule has 0 aromatic carbocycles. The second-order valence-electron chi connectivity index (χ2n) is 5.21. The Labute approximate surface area is 102 Å². The van der Waals surface area contributed by atoms with Crippen LogP contribution in [0, 0.1) is 0 Å². The van der Waals surface area contributed by atoms with Gasteiger partial charge in [0, 0.05) is 25.7 Å². The Morgan fingerprint density at radius 2 is 2.18 bits per heavy atom. The lowest BCUT2D eigenvalue weighted by Crippen LogP contribution is -2.56. The molecular formula is C12H22N2O3. The van der Waals surface area contributed by atoms with E-state index in [1.807, 2.05) is 0 Å². The molecule has 5 nitrogen and oxygen atoms in total. The van der Waals surface area contributed by atoms with Crippen LogP contribution in [0.4, 0.5) is 0 Å². The van der Waals surface area contributed by atoms with Gasteiger partial charge in [-0.2, -0.15) is 0 Å². The highest BCUT2D eigenvalue weighted by Gasteiger charge is 2.41. The summed E-state index contributed by atoms with van der Waals surface area (Å²) in [5.41, 5.74) is 4.96. The average molecular weight is 242 g/mol. The Morgan fingerprint density at radius 1 is 1.35 bits per heavy atom. The molecule has 0 spiro atoms. The number of hydrogen-bond donors (Lipinski definition) is 2. The van der Waals surface area contributed by atoms with Crippen LogP contribution >= 0.6 is 0 Å². The van der Waals surface area contributed by atoms with Crippen LogP contribution in [0.5, 0.6) is 0 Å². The molecule has 1 aliphatic heterocycles. The Bertz CT molecular complexity index is 277. The fourth-order valence-corrected chi connectivity index (χ4v) is 2.91. The van der Waals surface area contributed by atoms with E-state index in [4.69, 9.17) is 10.5 Å². The Kier molecular flexibility index (Phi) is 4.01. The third-order valence-electron chi connectivity index (χ3n) is 3.96. The molecule has 5 heteroatoms. The summed E-state index contributed by atoms with van der Waals surface area (Å²) in [6, 6.07) is 0.312. The Morgan fingerprint density at radius 3 is 2.94 bits per heavy atom. The Hall–Kier alpha value is -0.650. The molecule has 1 saturated heterocycles. The minimum Gasteiger partial charge on any atom is -0.480 e. The highest BCUT2D eigenvalue weighted by molar-refractivity contribution is 5.78. The standard InChI is InChI=1S/C12H22N2O3/c13-12(11(15)16)4-1-3-10(9-12)14-5-2-7-17-8-6-14/h10H,1-9,13H2,(H,15,16). The number of aliphatic carboxylic acids is 1. The van der Waals surface area contributed by atoms with Crippen LogP contribution < -0.4 is 5.73 Å². The van der Waals surface area contributed by atoms with E-state index in [0.717, 1.165) is 45.6 Å². The molecular weight excluding hydrogens is 220 g/mol. The van der Waals surface area contributed by atoms with Crippen molar-refractivity contribution in [3.63, 3.8) is 0 Å². The van der Waals surface area contributed by atoms with Crippen LogP contribution in [-0.2, 0) is 9.53 Å². The van der Waals surface area contributed by atoms with E-state index in [-0.39, 0.29) is 0 Å². The van der Waals surface area contributed by atoms with Gasteiger partial charge in [-0.15, -0.1) is 0 Å². The van der Waals surface area contributed by atoms with E-state index in [2.05, 4.69) is 4.90 Å². The maximum absolute atomic E-state index is 11.2. The van der Waals surface area contributed by atoms with Crippen molar-refractivity contribution < 1.29 is 14.6 Å². The van der Waals surface area contributed by atoms with Gasteiger partial charge in [0.25, 0.3) is 0 Å². The smallest absolute Gasteiger partial charge is 0.323 e. The molecule has 0 aromatic heterocycles. The van der Waals surface area contributed by atoms with Gasteiger partial charge in [-0.25, -0.2) is 0 Å². The molecule has 2 aliphatic rings. The summed E-state index contributed by atoms with van der Waals surface area (Å²) in [6.45, 7) is 3.47. The minimum absolute atomic E-state index is 0.312. The van der Waals surface area contributed by atoms with Crippen LogP contribution in [-0.4, -0.2) is 53.9 Å². The van der Waals surface area contributed by atoms with Crippen LogP contribution in [0.25, 0.3) is 0 Å². The number of rotatable bonds is 2. The van der Waals surface area contributed by atoms with E-state index in [1.165, 1.54) is 0 Å². The molecule has 1 heterocycles. The first-order valence-electron chi connectivity index (χ1n) is 6.46. The van der Waals surface area contributed by atoms with Crippen LogP contribution in [0.1, 0.15) is 32.1 Å². The van der Waals surface area contributed by atoms with Gasteiger partial charge < -0.3 is 15.6 Å². The van der Waals surface area contributed by atoms with Gasteiger partial charge in [0.15, 0.2) is 0 Å². The van der Waals surface area contributed by atoms with Crippen molar-refractivity contribution in [1.82, 2.24) is 4.90 Å². The Balaban J connectivity index is 1.98. The van der Waals surface area contributed by atoms with Crippen molar-refractivity contribution in [2.45, 2.75) is 43.7 Å². The maximum Gasteiger partial charge on any atom is 0.323 e. The third kappa shape index (κ3) is 2.97. The number of carboxylic acid groups (broad SMARTS) is 1. The molecule has 1 saturated carbocycles. The SMILES string of the molecule is NC1(C(=O)O)CCCC(N2CCCOCC2)C1. The van der Waals surface area contributed by atoms with Crippen molar-refractivity contribution in [3.8, 4) is 0 Å². The predicted octanol–water partition coefficient (Wildman–Crippen LogP) is 0.433. The maximum atomic E-state index is 11.2. The molecule has 98 valence electrons. The molecule has 2 fully saturated rings. The van der Waals surface area contributed by atoms with Gasteiger partial charge in [-0.05, 0) is 32.1 Å². The summed E-state index contributed by atoms with van der Waals surface area (Å²) < 4.78 is 5.43. The van der Waals surface area contributed by atoms with E-state index in [1.54, 1.807) is 0 Å². The first-order chi connectivity index (χ1) is 8.12. The zero-order chi connectivity index (χ0) is 12.3. The number of carbonyl (C=O) groups is 1. The van der Waals surface area contributed by atoms with E-state index < -0.39 is 11.5 Å². The minimum atomic E-state index is -1.02. The zero-order valence-electron chi connectivity index (χ0n) is 10.2. The average Bonchev–Trinajstić information content (AvgIpc) is 2.57. The largest absolute Gasteiger partial charge is 0.480 e. The van der Waals surface area contributed by atoms with Crippen molar-refractivity contribution in [2.24, 2.45) is 5.73 Å². The second-order valence-corrected chi connectivity index (χ2v) is 5.21. The van der Waals surface area contributed by atoms with Gasteiger partial charge >= 0.3 is 5.97 Å². The van der Waals surface area contributed by atoms with Crippen molar-refractivity contribution in [1.29, 1.82) is 0 Å². The van der Waals surface area contributed by atoms with Gasteiger partial charge in [0.05, 0.1) is 6.61 Å². The number of hydrogen-bond acceptors (Lipinski definition) is 4. The monoisotopic (exact) mass is 242 g/mol. The molecule has 0 amide bonds. The quantitative estimate of drug-likeness (QED) is 0.734. The number of nitrogens with two attached hydrogens (primary N) is 1. The second kappa shape index (κ2) is 5.33. The number of ether oxygens (including phenoxy) is 1. The highest BCUT2D eigenvalue weighted by Crippen LogP contribution is 2.30. The lowest BCUT2D eigenvalue weighted by Gasteiger charge is -2.40. The fourth-order valence-electron chi connectivity index (χ4n) is 2.91. The fraction of sp³-hybridized carbons (Fsp3) is 0.917. The van der Waals surface area contributed by atoms with Gasteiger partial charge in [0.2, 0.25) is 0 Å². The van der Waals surface area contributed by atoms with Gasteiger partial charge in [-0.1, -0.05) is 0 Å². The molecule has 0 radical (unpaired) electrons. The summed E-state index contributed by atoms with van der Waals surface area (Å²) in [5, 5.41) is 9.20. The lowest BCUT2D eigenvalue weighted by molar-refractivity contribution is -0.145. The summed E-state index contributed by atoms with van der Waals surface area (Å²) >= 11 is 0. The molecule has 0 bridgehead atoms. The highest BCUT2D eigenvalue weighted by atomic mass is 16.5. The normalized spacial score (nSPS) is 36.4. The van der Waals surface area contributed by atoms with Gasteiger partial charge in [-0.3, -0.25) is 9.69 Å². The predicted molar refractivity (Wildman–Crippen MR) is 63.8 cm³/mol. The van der Waals surface area contributed by atoms with E-state index in [9.17, 15) is 9.90 Å². The molecule has 0 aromatic rings. The number of carboxylic acids is 1. The molecule has 2 unspecified atom stereocenters. The van der Waals surface area contributed by atoms with Crippen LogP contribution in [0.3, 0.4) is 0 Å². The first kappa shape index (κ1) is 12.8.